The zero-order valence-electron chi connectivity index (χ0n) is 14.9. The molecule has 0 amide bonds. The molecule has 0 spiro atoms. The van der Waals surface area contributed by atoms with Gasteiger partial charge in [-0.2, -0.15) is 5.10 Å². The lowest BCUT2D eigenvalue weighted by molar-refractivity contribution is -0.150. The minimum Gasteiger partial charge on any atom is -0.493 e. The number of rotatable bonds is 8. The van der Waals surface area contributed by atoms with Gasteiger partial charge >= 0.3 is 5.97 Å². The van der Waals surface area contributed by atoms with Gasteiger partial charge in [-0.25, -0.2) is 9.78 Å². The Morgan fingerprint density at radius 3 is 2.88 bits per heavy atom. The van der Waals surface area contributed by atoms with Crippen LogP contribution in [0.4, 0.5) is 5.13 Å². The summed E-state index contributed by atoms with van der Waals surface area (Å²) in [7, 11) is 1.53. The Bertz CT molecular complexity index is 794. The summed E-state index contributed by atoms with van der Waals surface area (Å²) in [5.74, 6) is 0.464. The summed E-state index contributed by atoms with van der Waals surface area (Å²) in [6.45, 7) is 5.59. The van der Waals surface area contributed by atoms with Crippen LogP contribution in [0.15, 0.2) is 27.1 Å². The van der Waals surface area contributed by atoms with Gasteiger partial charge in [-0.3, -0.25) is 5.43 Å². The first-order valence-corrected chi connectivity index (χ1v) is 9.53. The van der Waals surface area contributed by atoms with E-state index in [0.717, 1.165) is 11.3 Å². The summed E-state index contributed by atoms with van der Waals surface area (Å²) in [6.07, 6.45) is 0.886. The maximum Gasteiger partial charge on any atom is 0.347 e. The van der Waals surface area contributed by atoms with Crippen LogP contribution in [-0.4, -0.2) is 37.0 Å². The number of esters is 1. The fourth-order valence-corrected chi connectivity index (χ4v) is 3.17. The molecule has 26 heavy (non-hydrogen) atoms. The van der Waals surface area contributed by atoms with Crippen LogP contribution in [0.3, 0.4) is 0 Å². The number of benzene rings is 1. The minimum atomic E-state index is -0.755. The van der Waals surface area contributed by atoms with Crippen molar-refractivity contribution in [2.24, 2.45) is 5.10 Å². The first kappa shape index (κ1) is 20.2. The second-order valence-electron chi connectivity index (χ2n) is 5.21. The van der Waals surface area contributed by atoms with Crippen LogP contribution in [0.2, 0.25) is 0 Å². The molecule has 1 aromatic heterocycles. The van der Waals surface area contributed by atoms with E-state index in [2.05, 4.69) is 31.4 Å². The lowest BCUT2D eigenvalue weighted by atomic mass is 10.2. The average molecular weight is 442 g/mol. The standard InChI is InChI=1S/C17H20BrN3O4S/c1-5-24-16(22)11(3)25-15-13(18)6-12(7-14(15)23-4)8-19-21-17-20-10(2)9-26-17/h6-9,11H,5H2,1-4H3,(H,20,21). The third-order valence-corrected chi connectivity index (χ3v) is 4.61. The fourth-order valence-electron chi connectivity index (χ4n) is 1.98. The SMILES string of the molecule is CCOC(=O)C(C)Oc1c(Br)cc(C=NNc2nc(C)cs2)cc1OC. The van der Waals surface area contributed by atoms with E-state index in [0.29, 0.717) is 27.7 Å². The van der Waals surface area contributed by atoms with E-state index in [1.807, 2.05) is 18.4 Å². The largest absolute Gasteiger partial charge is 0.493 e. The van der Waals surface area contributed by atoms with Crippen LogP contribution in [0.1, 0.15) is 25.1 Å². The molecule has 1 N–H and O–H groups in total. The molecule has 0 aliphatic rings. The lowest BCUT2D eigenvalue weighted by Gasteiger charge is -2.17. The minimum absolute atomic E-state index is 0.297. The van der Waals surface area contributed by atoms with Gasteiger partial charge in [-0.15, -0.1) is 11.3 Å². The van der Waals surface area contributed by atoms with E-state index in [-0.39, 0.29) is 0 Å². The number of carbonyl (C=O) groups is 1. The summed E-state index contributed by atoms with van der Waals surface area (Å²) in [6, 6.07) is 3.57. The Hall–Kier alpha value is -2.13. The van der Waals surface area contributed by atoms with Gasteiger partial charge in [0.05, 0.1) is 30.1 Å². The summed E-state index contributed by atoms with van der Waals surface area (Å²) < 4.78 is 16.7. The number of anilines is 1. The van der Waals surface area contributed by atoms with E-state index in [1.54, 1.807) is 26.1 Å². The zero-order chi connectivity index (χ0) is 19.1. The molecule has 1 atom stereocenters. The molecule has 0 saturated heterocycles. The van der Waals surface area contributed by atoms with E-state index in [4.69, 9.17) is 14.2 Å². The van der Waals surface area contributed by atoms with Crippen molar-refractivity contribution in [3.8, 4) is 11.5 Å². The summed E-state index contributed by atoms with van der Waals surface area (Å²) in [5.41, 5.74) is 4.60. The second-order valence-corrected chi connectivity index (χ2v) is 6.92. The van der Waals surface area contributed by atoms with Crippen LogP contribution < -0.4 is 14.9 Å². The third-order valence-electron chi connectivity index (χ3n) is 3.16. The highest BCUT2D eigenvalue weighted by molar-refractivity contribution is 9.10. The molecular weight excluding hydrogens is 422 g/mol. The van der Waals surface area contributed by atoms with Gasteiger partial charge in [-0.05, 0) is 54.4 Å². The van der Waals surface area contributed by atoms with Crippen molar-refractivity contribution >= 4 is 44.6 Å². The highest BCUT2D eigenvalue weighted by Crippen LogP contribution is 2.37. The molecule has 1 unspecified atom stereocenters. The van der Waals surface area contributed by atoms with Crippen LogP contribution in [0.5, 0.6) is 11.5 Å². The quantitative estimate of drug-likeness (QED) is 0.378. The number of nitrogens with zero attached hydrogens (tertiary/aromatic N) is 2. The van der Waals surface area contributed by atoms with Gasteiger partial charge in [0.25, 0.3) is 0 Å². The Morgan fingerprint density at radius 1 is 1.50 bits per heavy atom. The first-order valence-electron chi connectivity index (χ1n) is 7.86. The molecule has 0 bridgehead atoms. The molecule has 7 nitrogen and oxygen atoms in total. The van der Waals surface area contributed by atoms with Crippen molar-refractivity contribution < 1.29 is 19.0 Å². The number of hydrogen-bond donors (Lipinski definition) is 1. The van der Waals surface area contributed by atoms with E-state index in [9.17, 15) is 4.79 Å². The monoisotopic (exact) mass is 441 g/mol. The van der Waals surface area contributed by atoms with E-state index < -0.39 is 12.1 Å². The fraction of sp³-hybridized carbons (Fsp3) is 0.353. The molecule has 2 aromatic rings. The highest BCUT2D eigenvalue weighted by atomic mass is 79.9. The summed E-state index contributed by atoms with van der Waals surface area (Å²) in [5, 5.41) is 6.82. The van der Waals surface area contributed by atoms with Gasteiger partial charge in [0.2, 0.25) is 5.13 Å². The molecule has 0 aliphatic carbocycles. The normalized spacial score (nSPS) is 12.0. The van der Waals surface area contributed by atoms with Crippen LogP contribution in [0.25, 0.3) is 0 Å². The summed E-state index contributed by atoms with van der Waals surface area (Å²) >= 11 is 4.92. The molecule has 0 fully saturated rings. The summed E-state index contributed by atoms with van der Waals surface area (Å²) in [4.78, 5) is 16.0. The Labute approximate surface area is 164 Å². The van der Waals surface area contributed by atoms with Gasteiger partial charge in [0.1, 0.15) is 0 Å². The number of thiazole rings is 1. The number of aryl methyl sites for hydroxylation is 1. The van der Waals surface area contributed by atoms with Crippen molar-refractivity contribution in [1.82, 2.24) is 4.98 Å². The van der Waals surface area contributed by atoms with Crippen LogP contribution >= 0.6 is 27.3 Å². The first-order chi connectivity index (χ1) is 12.4. The predicted molar refractivity (Wildman–Crippen MR) is 105 cm³/mol. The topological polar surface area (TPSA) is 82.0 Å². The predicted octanol–water partition coefficient (Wildman–Crippen LogP) is 4.00. The Balaban J connectivity index is 2.13. The van der Waals surface area contributed by atoms with Crippen molar-refractivity contribution in [2.75, 3.05) is 19.1 Å². The second kappa shape index (κ2) is 9.54. The number of aromatic nitrogens is 1. The van der Waals surface area contributed by atoms with Crippen molar-refractivity contribution in [2.45, 2.75) is 26.9 Å². The zero-order valence-corrected chi connectivity index (χ0v) is 17.3. The Kier molecular flexibility index (Phi) is 7.40. The highest BCUT2D eigenvalue weighted by Gasteiger charge is 2.20. The van der Waals surface area contributed by atoms with Gasteiger partial charge in [0.15, 0.2) is 17.6 Å². The lowest BCUT2D eigenvalue weighted by Crippen LogP contribution is -2.26. The smallest absolute Gasteiger partial charge is 0.347 e. The molecule has 9 heteroatoms. The number of nitrogens with one attached hydrogen (secondary N) is 1. The average Bonchev–Trinajstić information content (AvgIpc) is 3.02. The van der Waals surface area contributed by atoms with Gasteiger partial charge < -0.3 is 14.2 Å². The van der Waals surface area contributed by atoms with Crippen molar-refractivity contribution in [3.05, 3.63) is 33.2 Å². The van der Waals surface area contributed by atoms with Crippen LogP contribution in [-0.2, 0) is 9.53 Å². The molecule has 2 rings (SSSR count). The van der Waals surface area contributed by atoms with E-state index in [1.165, 1.54) is 18.4 Å². The Morgan fingerprint density at radius 2 is 2.27 bits per heavy atom. The van der Waals surface area contributed by atoms with Gasteiger partial charge in [0, 0.05) is 5.38 Å². The van der Waals surface area contributed by atoms with Crippen molar-refractivity contribution in [3.63, 3.8) is 0 Å². The molecule has 0 aliphatic heterocycles. The number of hydrazone groups is 1. The molecular formula is C17H20BrN3O4S. The molecule has 1 aromatic carbocycles. The van der Waals surface area contributed by atoms with Crippen molar-refractivity contribution in [1.29, 1.82) is 0 Å². The molecule has 1 heterocycles. The number of hydrogen-bond acceptors (Lipinski definition) is 8. The molecule has 140 valence electrons. The molecule has 0 radical (unpaired) electrons. The maximum absolute atomic E-state index is 11.8. The third kappa shape index (κ3) is 5.43. The molecule has 0 saturated carbocycles. The van der Waals surface area contributed by atoms with E-state index >= 15 is 0 Å². The number of methoxy groups -OCH3 is 1. The maximum atomic E-state index is 11.8. The number of halogens is 1. The van der Waals surface area contributed by atoms with Crippen LogP contribution in [0, 0.1) is 6.92 Å². The van der Waals surface area contributed by atoms with Gasteiger partial charge in [-0.1, -0.05) is 0 Å². The number of ether oxygens (including phenoxy) is 3. The number of carbonyl (C=O) groups excluding carboxylic acids is 1.